The molecule has 0 aliphatic rings. The van der Waals surface area contributed by atoms with Crippen LogP contribution >= 0.6 is 24.4 Å². The summed E-state index contributed by atoms with van der Waals surface area (Å²) in [5.41, 5.74) is 6.80. The average molecular weight is 653 g/mol. The fourth-order valence-corrected chi connectivity index (χ4v) is 7.65. The third-order valence-corrected chi connectivity index (χ3v) is 10.8. The summed E-state index contributed by atoms with van der Waals surface area (Å²) in [7, 11) is 0. The van der Waals surface area contributed by atoms with Gasteiger partial charge in [0.15, 0.2) is 0 Å². The zero-order chi connectivity index (χ0) is 32.4. The Hall–Kier alpha value is -2.16. The first kappa shape index (κ1) is 36.7. The van der Waals surface area contributed by atoms with Crippen molar-refractivity contribution in [2.24, 2.45) is 0 Å². The van der Waals surface area contributed by atoms with Crippen LogP contribution in [0.25, 0.3) is 33.7 Å². The first-order valence-electron chi connectivity index (χ1n) is 18.6. The fraction of sp³-hybridized carbons (Fsp3) is 0.500. The van der Waals surface area contributed by atoms with Gasteiger partial charge in [-0.2, -0.15) is 12.6 Å². The lowest BCUT2D eigenvalue weighted by Crippen LogP contribution is -1.90. The van der Waals surface area contributed by atoms with Gasteiger partial charge in [-0.15, -0.1) is 11.8 Å². The molecular formula is C44H60S2. The van der Waals surface area contributed by atoms with Crippen LogP contribution < -0.4 is 0 Å². The van der Waals surface area contributed by atoms with Crippen LogP contribution in [-0.2, 0) is 18.6 Å². The Balaban J connectivity index is 1.37. The van der Waals surface area contributed by atoms with E-state index in [0.717, 1.165) is 5.75 Å². The molecule has 4 aromatic carbocycles. The molecule has 248 valence electrons. The lowest BCUT2D eigenvalue weighted by molar-refractivity contribution is 0.575. The first-order valence-corrected chi connectivity index (χ1v) is 20.5. The smallest absolute Gasteiger partial charge is 0.0160 e. The molecule has 46 heavy (non-hydrogen) atoms. The average Bonchev–Trinajstić information content (AvgIpc) is 3.08. The number of thioether (sulfide) groups is 1. The number of thiol groups is 1. The molecule has 0 unspecified atom stereocenters. The maximum Gasteiger partial charge on any atom is 0.0160 e. The van der Waals surface area contributed by atoms with Crippen LogP contribution in [0.5, 0.6) is 0 Å². The van der Waals surface area contributed by atoms with E-state index in [0.29, 0.717) is 0 Å². The highest BCUT2D eigenvalue weighted by atomic mass is 32.2. The largest absolute Gasteiger partial charge is 0.175 e. The molecule has 0 nitrogen and oxygen atoms in total. The van der Waals surface area contributed by atoms with Gasteiger partial charge in [0.05, 0.1) is 0 Å². The SMILES string of the molecule is CCCCCCCCCCc1ccc2cc(C=Cc3cc4ccc(CCCCCCCCCC)cc4cc3SC)c(CS)cc2c1. The minimum Gasteiger partial charge on any atom is -0.175 e. The van der Waals surface area contributed by atoms with E-state index in [2.05, 4.69) is 92.9 Å². The number of hydrogen-bond donors (Lipinski definition) is 1. The lowest BCUT2D eigenvalue weighted by atomic mass is 9.97. The molecule has 4 aromatic rings. The summed E-state index contributed by atoms with van der Waals surface area (Å²) in [6.45, 7) is 4.58. The number of aryl methyl sites for hydroxylation is 2. The molecule has 4 rings (SSSR count). The third kappa shape index (κ3) is 11.8. The highest BCUT2D eigenvalue weighted by molar-refractivity contribution is 7.98. The van der Waals surface area contributed by atoms with Crippen LogP contribution in [-0.4, -0.2) is 6.26 Å². The number of rotatable bonds is 22. The van der Waals surface area contributed by atoms with E-state index in [1.165, 1.54) is 170 Å². The summed E-state index contributed by atoms with van der Waals surface area (Å²) < 4.78 is 0. The summed E-state index contributed by atoms with van der Waals surface area (Å²) in [5.74, 6) is 0.743. The van der Waals surface area contributed by atoms with Gasteiger partial charge in [-0.3, -0.25) is 0 Å². The molecule has 0 aliphatic heterocycles. The van der Waals surface area contributed by atoms with Crippen LogP contribution in [0.15, 0.2) is 65.6 Å². The van der Waals surface area contributed by atoms with Crippen LogP contribution in [0, 0.1) is 0 Å². The van der Waals surface area contributed by atoms with E-state index in [1.807, 2.05) is 11.8 Å². The summed E-state index contributed by atoms with van der Waals surface area (Å²) in [5, 5.41) is 5.35. The second-order valence-corrected chi connectivity index (χ2v) is 14.6. The molecule has 0 saturated carbocycles. The minimum atomic E-state index is 0.743. The Morgan fingerprint density at radius 1 is 0.500 bits per heavy atom. The second-order valence-electron chi connectivity index (χ2n) is 13.4. The number of fused-ring (bicyclic) bond motifs is 2. The van der Waals surface area contributed by atoms with Crippen molar-refractivity contribution in [2.45, 2.75) is 140 Å². The number of benzene rings is 4. The van der Waals surface area contributed by atoms with Crippen molar-refractivity contribution in [1.82, 2.24) is 0 Å². The summed E-state index contributed by atoms with van der Waals surface area (Å²) in [6, 6.07) is 23.7. The second kappa shape index (κ2) is 20.9. The predicted molar refractivity (Wildman–Crippen MR) is 214 cm³/mol. The van der Waals surface area contributed by atoms with Crippen molar-refractivity contribution >= 4 is 58.1 Å². The molecule has 0 fully saturated rings. The molecule has 0 radical (unpaired) electrons. The molecule has 0 spiro atoms. The van der Waals surface area contributed by atoms with Crippen molar-refractivity contribution in [2.75, 3.05) is 6.26 Å². The van der Waals surface area contributed by atoms with E-state index >= 15 is 0 Å². The standard InChI is InChI=1S/C44H60S2/c1-4-6-8-10-12-14-16-18-20-35-22-24-37-30-39(43(34-45)32-41(37)28-35)26-27-40-31-38-25-23-36(29-42(38)33-44(40)46-3)21-19-17-15-13-11-9-7-5-2/h22-33,45H,4-21,34H2,1-3H3. The van der Waals surface area contributed by atoms with Gasteiger partial charge >= 0.3 is 0 Å². The Morgan fingerprint density at radius 3 is 1.46 bits per heavy atom. The summed E-state index contributed by atoms with van der Waals surface area (Å²) >= 11 is 6.58. The van der Waals surface area contributed by atoms with E-state index < -0.39 is 0 Å². The Bertz CT molecular complexity index is 1380. The van der Waals surface area contributed by atoms with Crippen LogP contribution in [0.1, 0.15) is 144 Å². The van der Waals surface area contributed by atoms with Crippen molar-refractivity contribution in [3.8, 4) is 0 Å². The van der Waals surface area contributed by atoms with Gasteiger partial charge in [-0.25, -0.2) is 0 Å². The number of hydrogen-bond acceptors (Lipinski definition) is 2. The molecule has 2 heteroatoms. The lowest BCUT2D eigenvalue weighted by Gasteiger charge is -2.11. The quantitative estimate of drug-likeness (QED) is 0.0381. The normalized spacial score (nSPS) is 11.8. The molecular weight excluding hydrogens is 593 g/mol. The van der Waals surface area contributed by atoms with E-state index in [4.69, 9.17) is 12.6 Å². The van der Waals surface area contributed by atoms with Crippen LogP contribution in [0.4, 0.5) is 0 Å². The van der Waals surface area contributed by atoms with Gasteiger partial charge < -0.3 is 0 Å². The molecule has 0 N–H and O–H groups in total. The summed E-state index contributed by atoms with van der Waals surface area (Å²) in [4.78, 5) is 1.34. The third-order valence-electron chi connectivity index (χ3n) is 9.67. The van der Waals surface area contributed by atoms with Gasteiger partial charge in [0.25, 0.3) is 0 Å². The summed E-state index contributed by atoms with van der Waals surface area (Å²) in [6.07, 6.45) is 31.2. The molecule has 0 aliphatic carbocycles. The maximum atomic E-state index is 4.73. The van der Waals surface area contributed by atoms with Gasteiger partial charge in [0.1, 0.15) is 0 Å². The van der Waals surface area contributed by atoms with Gasteiger partial charge in [0, 0.05) is 10.6 Å². The minimum absolute atomic E-state index is 0.743. The van der Waals surface area contributed by atoms with E-state index in [9.17, 15) is 0 Å². The fourth-order valence-electron chi connectivity index (χ4n) is 6.77. The topological polar surface area (TPSA) is 0 Å². The molecule has 0 bridgehead atoms. The van der Waals surface area contributed by atoms with Gasteiger partial charge in [-0.1, -0.05) is 152 Å². The van der Waals surface area contributed by atoms with Gasteiger partial charge in [-0.05, 0) is 106 Å². The molecule has 0 heterocycles. The molecule has 0 saturated heterocycles. The predicted octanol–water partition coefficient (Wildman–Crippen LogP) is 14.7. The monoisotopic (exact) mass is 652 g/mol. The van der Waals surface area contributed by atoms with Crippen molar-refractivity contribution in [3.05, 3.63) is 88.5 Å². The van der Waals surface area contributed by atoms with Gasteiger partial charge in [0.2, 0.25) is 0 Å². The molecule has 0 amide bonds. The van der Waals surface area contributed by atoms with Crippen LogP contribution in [0.3, 0.4) is 0 Å². The molecule has 0 atom stereocenters. The molecule has 0 aromatic heterocycles. The van der Waals surface area contributed by atoms with Crippen molar-refractivity contribution in [1.29, 1.82) is 0 Å². The first-order chi connectivity index (χ1) is 22.6. The highest BCUT2D eigenvalue weighted by Crippen LogP contribution is 2.31. The highest BCUT2D eigenvalue weighted by Gasteiger charge is 2.07. The Labute approximate surface area is 291 Å². The Morgan fingerprint density at radius 2 is 0.957 bits per heavy atom. The van der Waals surface area contributed by atoms with Crippen LogP contribution in [0.2, 0.25) is 0 Å². The van der Waals surface area contributed by atoms with Crippen molar-refractivity contribution in [3.63, 3.8) is 0 Å². The van der Waals surface area contributed by atoms with E-state index in [-0.39, 0.29) is 0 Å². The van der Waals surface area contributed by atoms with Crippen molar-refractivity contribution < 1.29 is 0 Å². The number of unbranched alkanes of at least 4 members (excludes halogenated alkanes) is 14. The zero-order valence-corrected chi connectivity index (χ0v) is 30.9. The maximum absolute atomic E-state index is 4.73. The zero-order valence-electron chi connectivity index (χ0n) is 29.2. The van der Waals surface area contributed by atoms with E-state index in [1.54, 1.807) is 0 Å². The Kier molecular flexibility index (Phi) is 16.7.